The molecule has 0 radical (unpaired) electrons. The highest BCUT2D eigenvalue weighted by atomic mass is 35.5. The van der Waals surface area contributed by atoms with E-state index in [0.717, 1.165) is 24.7 Å². The second-order valence-electron chi connectivity index (χ2n) is 7.37. The van der Waals surface area contributed by atoms with E-state index < -0.39 is 6.10 Å². The highest BCUT2D eigenvalue weighted by Crippen LogP contribution is 2.33. The van der Waals surface area contributed by atoms with Crippen molar-refractivity contribution in [1.82, 2.24) is 14.5 Å². The summed E-state index contributed by atoms with van der Waals surface area (Å²) in [6.07, 6.45) is 2.42. The average molecular weight is 415 g/mol. The van der Waals surface area contributed by atoms with Crippen molar-refractivity contribution in [2.75, 3.05) is 31.1 Å². The van der Waals surface area contributed by atoms with Crippen LogP contribution in [0.2, 0.25) is 5.02 Å². The molecule has 29 heavy (non-hydrogen) atoms. The number of hydrogen-bond donors (Lipinski definition) is 1. The number of halogens is 2. The zero-order valence-corrected chi connectivity index (χ0v) is 17.1. The van der Waals surface area contributed by atoms with Crippen LogP contribution in [0.3, 0.4) is 0 Å². The lowest BCUT2D eigenvalue weighted by atomic mass is 10.0. The molecular formula is C22H24ClFN4O. The molecule has 1 N–H and O–H groups in total. The van der Waals surface area contributed by atoms with Crippen molar-refractivity contribution in [2.24, 2.45) is 7.05 Å². The highest BCUT2D eigenvalue weighted by Gasteiger charge is 2.26. The van der Waals surface area contributed by atoms with E-state index in [2.05, 4.69) is 9.88 Å². The van der Waals surface area contributed by atoms with Gasteiger partial charge in [-0.3, -0.25) is 4.90 Å². The molecule has 1 aliphatic heterocycles. The first-order valence-electron chi connectivity index (χ1n) is 9.68. The first-order chi connectivity index (χ1) is 14.0. The maximum absolute atomic E-state index is 14.8. The van der Waals surface area contributed by atoms with E-state index in [9.17, 15) is 9.50 Å². The Balaban J connectivity index is 1.50. The molecule has 1 aromatic heterocycles. The summed E-state index contributed by atoms with van der Waals surface area (Å²) in [6, 6.07) is 12.7. The Morgan fingerprint density at radius 2 is 1.83 bits per heavy atom. The minimum Gasteiger partial charge on any atom is -0.380 e. The lowest BCUT2D eigenvalue weighted by Gasteiger charge is -2.37. The van der Waals surface area contributed by atoms with Gasteiger partial charge in [0, 0.05) is 62.8 Å². The molecule has 0 spiro atoms. The predicted molar refractivity (Wildman–Crippen MR) is 113 cm³/mol. The van der Waals surface area contributed by atoms with E-state index in [1.54, 1.807) is 29.1 Å². The summed E-state index contributed by atoms with van der Waals surface area (Å²) in [4.78, 5) is 8.59. The van der Waals surface area contributed by atoms with Crippen LogP contribution in [0.1, 0.15) is 23.1 Å². The van der Waals surface area contributed by atoms with Gasteiger partial charge in [0.25, 0.3) is 0 Å². The second kappa shape index (κ2) is 8.53. The summed E-state index contributed by atoms with van der Waals surface area (Å²) >= 11 is 5.96. The van der Waals surface area contributed by atoms with E-state index in [0.29, 0.717) is 30.2 Å². The quantitative estimate of drug-likeness (QED) is 0.692. The van der Waals surface area contributed by atoms with Crippen molar-refractivity contribution in [3.05, 3.63) is 82.6 Å². The average Bonchev–Trinajstić information content (AvgIpc) is 3.16. The Morgan fingerprint density at radius 3 is 2.48 bits per heavy atom. The van der Waals surface area contributed by atoms with Crippen molar-refractivity contribution < 1.29 is 9.50 Å². The molecule has 0 bridgehead atoms. The molecule has 5 nitrogen and oxygen atoms in total. The maximum Gasteiger partial charge on any atom is 0.146 e. The van der Waals surface area contributed by atoms with Crippen LogP contribution >= 0.6 is 11.6 Å². The number of nitrogens with zero attached hydrogens (tertiary/aromatic N) is 4. The number of anilines is 1. The van der Waals surface area contributed by atoms with E-state index in [4.69, 9.17) is 11.6 Å². The van der Waals surface area contributed by atoms with Gasteiger partial charge in [-0.2, -0.15) is 0 Å². The van der Waals surface area contributed by atoms with Crippen LogP contribution in [0, 0.1) is 5.82 Å². The fourth-order valence-corrected chi connectivity index (χ4v) is 3.97. The smallest absolute Gasteiger partial charge is 0.146 e. The van der Waals surface area contributed by atoms with Gasteiger partial charge in [-0.05, 0) is 23.8 Å². The number of para-hydroxylation sites is 1. The van der Waals surface area contributed by atoms with E-state index in [1.165, 1.54) is 11.6 Å². The predicted octanol–water partition coefficient (Wildman–Crippen LogP) is 3.62. The van der Waals surface area contributed by atoms with Gasteiger partial charge in [-0.25, -0.2) is 9.37 Å². The number of piperazine rings is 1. The van der Waals surface area contributed by atoms with Gasteiger partial charge in [0.1, 0.15) is 17.7 Å². The summed E-state index contributed by atoms with van der Waals surface area (Å²) in [5.41, 5.74) is 2.22. The summed E-state index contributed by atoms with van der Waals surface area (Å²) < 4.78 is 16.6. The fraction of sp³-hybridized carbons (Fsp3) is 0.318. The molecule has 4 rings (SSSR count). The Bertz CT molecular complexity index is 967. The molecule has 1 fully saturated rings. The molecule has 1 aliphatic rings. The van der Waals surface area contributed by atoms with Gasteiger partial charge in [0.15, 0.2) is 0 Å². The highest BCUT2D eigenvalue weighted by molar-refractivity contribution is 6.30. The van der Waals surface area contributed by atoms with Gasteiger partial charge in [-0.15, -0.1) is 0 Å². The number of aryl methyl sites for hydroxylation is 1. The number of benzene rings is 2. The maximum atomic E-state index is 14.8. The molecule has 0 amide bonds. The van der Waals surface area contributed by atoms with Crippen LogP contribution in [0.5, 0.6) is 0 Å². The zero-order chi connectivity index (χ0) is 20.4. The first kappa shape index (κ1) is 19.9. The minimum absolute atomic E-state index is 0.318. The van der Waals surface area contributed by atoms with Crippen molar-refractivity contribution in [2.45, 2.75) is 12.6 Å². The molecule has 0 saturated carbocycles. The van der Waals surface area contributed by atoms with Gasteiger partial charge in [0.05, 0.1) is 5.69 Å². The molecule has 2 aromatic carbocycles. The summed E-state index contributed by atoms with van der Waals surface area (Å²) in [5, 5.41) is 11.6. The van der Waals surface area contributed by atoms with E-state index >= 15 is 0 Å². The van der Waals surface area contributed by atoms with E-state index in [1.807, 2.05) is 36.2 Å². The van der Waals surface area contributed by atoms with Crippen molar-refractivity contribution >= 4 is 17.3 Å². The molecule has 152 valence electrons. The summed E-state index contributed by atoms with van der Waals surface area (Å²) in [5.74, 6) is 0.181. The number of aliphatic hydroxyl groups excluding tert-OH is 1. The molecule has 3 aromatic rings. The lowest BCUT2D eigenvalue weighted by molar-refractivity contribution is 0.205. The third-order valence-electron chi connectivity index (χ3n) is 5.42. The zero-order valence-electron chi connectivity index (χ0n) is 16.3. The van der Waals surface area contributed by atoms with Crippen molar-refractivity contribution in [1.29, 1.82) is 0 Å². The van der Waals surface area contributed by atoms with Crippen LogP contribution in [-0.4, -0.2) is 45.7 Å². The van der Waals surface area contributed by atoms with E-state index in [-0.39, 0.29) is 5.82 Å². The Kier molecular flexibility index (Phi) is 5.85. The van der Waals surface area contributed by atoms with Crippen LogP contribution in [-0.2, 0) is 13.6 Å². The Labute approximate surface area is 175 Å². The normalized spacial score (nSPS) is 16.2. The molecule has 2 heterocycles. The van der Waals surface area contributed by atoms with Crippen molar-refractivity contribution in [3.8, 4) is 0 Å². The van der Waals surface area contributed by atoms with Gasteiger partial charge >= 0.3 is 0 Å². The van der Waals surface area contributed by atoms with Gasteiger partial charge < -0.3 is 14.6 Å². The largest absolute Gasteiger partial charge is 0.380 e. The second-order valence-corrected chi connectivity index (χ2v) is 7.80. The molecule has 0 unspecified atom stereocenters. The topological polar surface area (TPSA) is 44.5 Å². The van der Waals surface area contributed by atoms with Crippen molar-refractivity contribution in [3.63, 3.8) is 0 Å². The van der Waals surface area contributed by atoms with Crippen LogP contribution in [0.4, 0.5) is 10.1 Å². The summed E-state index contributed by atoms with van der Waals surface area (Å²) in [6.45, 7) is 3.85. The molecule has 1 saturated heterocycles. The third-order valence-corrected chi connectivity index (χ3v) is 5.68. The lowest BCUT2D eigenvalue weighted by Crippen LogP contribution is -2.46. The molecule has 0 aliphatic carbocycles. The number of aliphatic hydroxyl groups is 1. The molecule has 7 heteroatoms. The monoisotopic (exact) mass is 414 g/mol. The fourth-order valence-electron chi connectivity index (χ4n) is 3.84. The first-order valence-corrected chi connectivity index (χ1v) is 10.1. The standard InChI is InChI=1S/C22H24ClFN4O/c1-26-10-9-25-22(26)21(29)18-3-2-4-19(24)20(18)28-13-11-27(12-14-28)15-16-5-7-17(23)8-6-16/h2-10,21,29H,11-15H2,1H3/t21-/m0/s1. The number of imidazole rings is 1. The molecular weight excluding hydrogens is 391 g/mol. The SMILES string of the molecule is Cn1ccnc1[C@@H](O)c1cccc(F)c1N1CCN(Cc2ccc(Cl)cc2)CC1. The molecule has 1 atom stereocenters. The van der Waals surface area contributed by atoms with Crippen LogP contribution in [0.25, 0.3) is 0 Å². The third kappa shape index (κ3) is 4.29. The van der Waals surface area contributed by atoms with Gasteiger partial charge in [0.2, 0.25) is 0 Å². The van der Waals surface area contributed by atoms with Crippen LogP contribution in [0.15, 0.2) is 54.9 Å². The number of rotatable bonds is 5. The van der Waals surface area contributed by atoms with Gasteiger partial charge in [-0.1, -0.05) is 35.9 Å². The summed E-state index contributed by atoms with van der Waals surface area (Å²) in [7, 11) is 1.82. The Hall–Kier alpha value is -2.41. The number of aromatic nitrogens is 2. The number of hydrogen-bond acceptors (Lipinski definition) is 4. The minimum atomic E-state index is -0.979. The Morgan fingerprint density at radius 1 is 1.10 bits per heavy atom. The van der Waals surface area contributed by atoms with Crippen LogP contribution < -0.4 is 4.90 Å².